The zero-order valence-corrected chi connectivity index (χ0v) is 29.1. The number of amides is 4. The molecule has 1 saturated heterocycles. The molecule has 2 aromatic carbocycles. The molecule has 4 amide bonds. The Morgan fingerprint density at radius 1 is 0.755 bits per heavy atom. The molecule has 3 rings (SSSR count). The predicted molar refractivity (Wildman–Crippen MR) is 191 cm³/mol. The second-order valence-corrected chi connectivity index (χ2v) is 13.1. The summed E-state index contributed by atoms with van der Waals surface area (Å²) in [5.41, 5.74) is 13.7. The third-order valence-electron chi connectivity index (χ3n) is 8.57. The molecule has 0 aliphatic carbocycles. The first kappa shape index (κ1) is 39.0. The van der Waals surface area contributed by atoms with Gasteiger partial charge in [0.05, 0.1) is 6.04 Å². The Labute approximate surface area is 290 Å². The Balaban J connectivity index is 1.77. The van der Waals surface area contributed by atoms with Gasteiger partial charge in [0, 0.05) is 32.6 Å². The van der Waals surface area contributed by atoms with Crippen molar-refractivity contribution in [2.24, 2.45) is 17.4 Å². The second kappa shape index (κ2) is 20.1. The van der Waals surface area contributed by atoms with Gasteiger partial charge in [0.15, 0.2) is 5.96 Å². The summed E-state index contributed by atoms with van der Waals surface area (Å²) >= 11 is 0. The molecule has 0 aromatic heterocycles. The number of rotatable bonds is 17. The predicted octanol–water partition coefficient (Wildman–Crippen LogP) is 0.727. The van der Waals surface area contributed by atoms with Crippen molar-refractivity contribution >= 4 is 29.6 Å². The maximum atomic E-state index is 13.9. The van der Waals surface area contributed by atoms with Crippen molar-refractivity contribution < 1.29 is 19.2 Å². The van der Waals surface area contributed by atoms with Crippen LogP contribution in [0.4, 0.5) is 0 Å². The van der Waals surface area contributed by atoms with Crippen LogP contribution in [0, 0.1) is 11.3 Å². The molecule has 49 heavy (non-hydrogen) atoms. The Morgan fingerprint density at radius 3 is 1.88 bits per heavy atom. The first-order valence-electron chi connectivity index (χ1n) is 17.2. The van der Waals surface area contributed by atoms with E-state index in [0.717, 1.165) is 11.1 Å². The summed E-state index contributed by atoms with van der Waals surface area (Å²) in [5, 5.41) is 19.5. The van der Waals surface area contributed by atoms with Crippen molar-refractivity contribution in [3.05, 3.63) is 71.8 Å². The number of hydrogen-bond acceptors (Lipinski definition) is 7. The Morgan fingerprint density at radius 2 is 1.29 bits per heavy atom. The zero-order chi connectivity index (χ0) is 35.8. The van der Waals surface area contributed by atoms with Crippen molar-refractivity contribution in [3.8, 4) is 0 Å². The number of nitrogens with two attached hydrogens (primary N) is 2. The van der Waals surface area contributed by atoms with E-state index in [0.29, 0.717) is 64.8 Å². The van der Waals surface area contributed by atoms with Crippen LogP contribution < -0.4 is 32.7 Å². The van der Waals surface area contributed by atoms with E-state index in [1.807, 2.05) is 81.6 Å². The standard InChI is InChI=1S/C36H55N9O4/c1-25(2)22-30(33(47)41-29(16-10-17-40-3)35(49)44-18-11-19-45(21-20-44)36(38)39)43-34(48)31(24-27-14-8-5-9-15-27)42-32(46)28(37)23-26-12-6-4-7-13-26/h4-9,12-15,25,28-31,40H,10-11,16-24,37H2,1-3H3,(H3,38,39)(H,41,47)(H,42,46)(H,43,48)/t28-,29-,30-,31-/m1/s1. The lowest BCUT2D eigenvalue weighted by molar-refractivity contribution is -0.138. The highest BCUT2D eigenvalue weighted by Crippen LogP contribution is 2.12. The van der Waals surface area contributed by atoms with Crippen molar-refractivity contribution in [2.75, 3.05) is 39.8 Å². The molecule has 0 unspecified atom stereocenters. The van der Waals surface area contributed by atoms with E-state index in [1.54, 1.807) is 9.80 Å². The number of carbonyl (C=O) groups is 4. The van der Waals surface area contributed by atoms with Gasteiger partial charge in [-0.25, -0.2) is 0 Å². The van der Waals surface area contributed by atoms with E-state index in [9.17, 15) is 19.2 Å². The molecule has 1 fully saturated rings. The van der Waals surface area contributed by atoms with Gasteiger partial charge >= 0.3 is 0 Å². The largest absolute Gasteiger partial charge is 0.370 e. The summed E-state index contributed by atoms with van der Waals surface area (Å²) in [6, 6.07) is 15.1. The fourth-order valence-corrected chi connectivity index (χ4v) is 5.89. The minimum absolute atomic E-state index is 0.0274. The smallest absolute Gasteiger partial charge is 0.245 e. The molecule has 0 saturated carbocycles. The van der Waals surface area contributed by atoms with Crippen LogP contribution >= 0.6 is 0 Å². The lowest BCUT2D eigenvalue weighted by atomic mass is 9.99. The molecule has 9 N–H and O–H groups in total. The number of carbonyl (C=O) groups excluding carboxylic acids is 4. The molecule has 1 aliphatic heterocycles. The minimum atomic E-state index is -0.992. The van der Waals surface area contributed by atoms with Crippen LogP contribution in [0.5, 0.6) is 0 Å². The van der Waals surface area contributed by atoms with Gasteiger partial charge in [-0.3, -0.25) is 24.6 Å². The molecule has 4 atom stereocenters. The lowest BCUT2D eigenvalue weighted by Gasteiger charge is -2.29. The lowest BCUT2D eigenvalue weighted by Crippen LogP contribution is -2.59. The summed E-state index contributed by atoms with van der Waals surface area (Å²) in [7, 11) is 1.83. The van der Waals surface area contributed by atoms with Crippen molar-refractivity contribution in [1.29, 1.82) is 5.41 Å². The van der Waals surface area contributed by atoms with Crippen LogP contribution in [0.3, 0.4) is 0 Å². The molecule has 1 heterocycles. The van der Waals surface area contributed by atoms with Gasteiger partial charge in [0.1, 0.15) is 18.1 Å². The molecule has 0 spiro atoms. The van der Waals surface area contributed by atoms with Crippen LogP contribution in [0.15, 0.2) is 60.7 Å². The van der Waals surface area contributed by atoms with Gasteiger partial charge in [-0.2, -0.15) is 0 Å². The average molecular weight is 678 g/mol. The molecular weight excluding hydrogens is 622 g/mol. The quantitative estimate of drug-likeness (QED) is 0.0722. The van der Waals surface area contributed by atoms with E-state index in [-0.39, 0.29) is 24.2 Å². The van der Waals surface area contributed by atoms with Gasteiger partial charge in [0.2, 0.25) is 23.6 Å². The highest BCUT2D eigenvalue weighted by Gasteiger charge is 2.33. The number of nitrogens with zero attached hydrogens (tertiary/aromatic N) is 2. The molecule has 13 heteroatoms. The normalized spacial score (nSPS) is 15.8. The Kier molecular flexibility index (Phi) is 16.0. The maximum Gasteiger partial charge on any atom is 0.245 e. The molecule has 2 aromatic rings. The number of hydrogen-bond donors (Lipinski definition) is 7. The van der Waals surface area contributed by atoms with Gasteiger partial charge in [-0.05, 0) is 62.7 Å². The molecule has 13 nitrogen and oxygen atoms in total. The van der Waals surface area contributed by atoms with E-state index in [1.165, 1.54) is 0 Å². The van der Waals surface area contributed by atoms with Crippen LogP contribution in [0.1, 0.15) is 50.7 Å². The number of guanidine groups is 1. The van der Waals surface area contributed by atoms with Crippen LogP contribution in [-0.2, 0) is 32.0 Å². The molecule has 1 aliphatic rings. The summed E-state index contributed by atoms with van der Waals surface area (Å²) in [6.07, 6.45) is 2.54. The summed E-state index contributed by atoms with van der Waals surface area (Å²) in [4.78, 5) is 58.3. The summed E-state index contributed by atoms with van der Waals surface area (Å²) in [5.74, 6) is -1.64. The fourth-order valence-electron chi connectivity index (χ4n) is 5.89. The molecule has 0 bridgehead atoms. The van der Waals surface area contributed by atoms with Crippen molar-refractivity contribution in [2.45, 2.75) is 76.5 Å². The SMILES string of the molecule is CNCCC[C@@H](NC(=O)[C@@H](CC(C)C)NC(=O)[C@@H](Cc1ccccc1)NC(=O)[C@H](N)Cc1ccccc1)C(=O)N1CCCN(C(=N)N)CC1. The van der Waals surface area contributed by atoms with E-state index in [2.05, 4.69) is 21.3 Å². The van der Waals surface area contributed by atoms with E-state index >= 15 is 0 Å². The first-order chi connectivity index (χ1) is 23.5. The highest BCUT2D eigenvalue weighted by molar-refractivity contribution is 5.95. The molecule has 268 valence electrons. The molecule has 0 radical (unpaired) electrons. The first-order valence-corrected chi connectivity index (χ1v) is 17.2. The topological polar surface area (TPSA) is 199 Å². The maximum absolute atomic E-state index is 13.9. The summed E-state index contributed by atoms with van der Waals surface area (Å²) < 4.78 is 0. The van der Waals surface area contributed by atoms with Crippen molar-refractivity contribution in [3.63, 3.8) is 0 Å². The van der Waals surface area contributed by atoms with Gasteiger partial charge in [0.25, 0.3) is 0 Å². The number of nitrogens with one attached hydrogen (secondary N) is 5. The zero-order valence-electron chi connectivity index (χ0n) is 29.1. The van der Waals surface area contributed by atoms with Crippen LogP contribution in [-0.4, -0.2) is 103 Å². The Hall–Kier alpha value is -4.49. The van der Waals surface area contributed by atoms with Crippen LogP contribution in [0.25, 0.3) is 0 Å². The second-order valence-electron chi connectivity index (χ2n) is 13.1. The molecular formula is C36H55N9O4. The van der Waals surface area contributed by atoms with Gasteiger partial charge in [-0.15, -0.1) is 0 Å². The number of benzene rings is 2. The highest BCUT2D eigenvalue weighted by atomic mass is 16.2. The third kappa shape index (κ3) is 13.1. The van der Waals surface area contributed by atoms with Gasteiger partial charge < -0.3 is 42.5 Å². The van der Waals surface area contributed by atoms with E-state index in [4.69, 9.17) is 16.9 Å². The summed E-state index contributed by atoms with van der Waals surface area (Å²) in [6.45, 7) is 6.45. The fraction of sp³-hybridized carbons (Fsp3) is 0.528. The Bertz CT molecular complexity index is 1360. The third-order valence-corrected chi connectivity index (χ3v) is 8.57. The minimum Gasteiger partial charge on any atom is -0.370 e. The van der Waals surface area contributed by atoms with Gasteiger partial charge in [-0.1, -0.05) is 74.5 Å². The van der Waals surface area contributed by atoms with E-state index < -0.39 is 41.9 Å². The van der Waals surface area contributed by atoms with Crippen LogP contribution in [0.2, 0.25) is 0 Å². The monoisotopic (exact) mass is 677 g/mol. The average Bonchev–Trinajstić information content (AvgIpc) is 3.34. The van der Waals surface area contributed by atoms with Crippen molar-refractivity contribution in [1.82, 2.24) is 31.1 Å².